The van der Waals surface area contributed by atoms with Gasteiger partial charge in [-0.2, -0.15) is 0 Å². The van der Waals surface area contributed by atoms with E-state index in [2.05, 4.69) is 0 Å². The van der Waals surface area contributed by atoms with Crippen LogP contribution in [0.4, 0.5) is 4.39 Å². The number of carbonyl (C=O) groups excluding carboxylic acids is 1. The van der Waals surface area contributed by atoms with Gasteiger partial charge in [0.25, 0.3) is 0 Å². The molecule has 2 N–H and O–H groups in total. The van der Waals surface area contributed by atoms with E-state index >= 15 is 0 Å². The monoisotopic (exact) mass is 499 g/mol. The minimum absolute atomic E-state index is 0.110. The van der Waals surface area contributed by atoms with Crippen molar-refractivity contribution in [3.8, 4) is 0 Å². The second-order valence-electron chi connectivity index (χ2n) is 9.95. The molecule has 2 unspecified atom stereocenters. The van der Waals surface area contributed by atoms with Crippen LogP contribution in [0.5, 0.6) is 0 Å². The number of benzene rings is 2. The fourth-order valence-electron chi connectivity index (χ4n) is 5.06. The number of aryl methyl sites for hydroxylation is 1. The quantitative estimate of drug-likeness (QED) is 0.462. The number of rotatable bonds is 10. The van der Waals surface area contributed by atoms with Crippen molar-refractivity contribution in [1.29, 1.82) is 0 Å². The molecule has 0 radical (unpaired) electrons. The molecule has 1 aliphatic rings. The van der Waals surface area contributed by atoms with Crippen molar-refractivity contribution in [2.45, 2.75) is 52.6 Å². The highest BCUT2D eigenvalue weighted by molar-refractivity contribution is 6.00. The molecule has 0 spiro atoms. The molecule has 0 bridgehead atoms. The lowest BCUT2D eigenvalue weighted by Crippen LogP contribution is -2.58. The van der Waals surface area contributed by atoms with Gasteiger partial charge in [-0.05, 0) is 61.9 Å². The van der Waals surface area contributed by atoms with E-state index in [1.165, 1.54) is 25.1 Å². The summed E-state index contributed by atoms with van der Waals surface area (Å²) < 4.78 is 20.0. The first-order valence-corrected chi connectivity index (χ1v) is 12.2. The highest BCUT2D eigenvalue weighted by Crippen LogP contribution is 2.52. The highest BCUT2D eigenvalue weighted by Gasteiger charge is 2.62. The largest absolute Gasteiger partial charge is 0.480 e. The van der Waals surface area contributed by atoms with E-state index in [1.54, 1.807) is 11.8 Å². The van der Waals surface area contributed by atoms with E-state index in [0.29, 0.717) is 24.2 Å². The summed E-state index contributed by atoms with van der Waals surface area (Å²) in [4.78, 5) is 41.0. The maximum Gasteiger partial charge on any atom is 0.321 e. The molecule has 1 aliphatic heterocycles. The van der Waals surface area contributed by atoms with Crippen LogP contribution in [0.15, 0.2) is 48.5 Å². The molecule has 36 heavy (non-hydrogen) atoms. The maximum atomic E-state index is 14.1. The van der Waals surface area contributed by atoms with Crippen molar-refractivity contribution in [3.63, 3.8) is 0 Å². The van der Waals surface area contributed by atoms with Crippen LogP contribution in [0, 0.1) is 23.6 Å². The number of hydrogen-bond acceptors (Lipinski definition) is 4. The van der Waals surface area contributed by atoms with Crippen LogP contribution >= 0.6 is 0 Å². The van der Waals surface area contributed by atoms with Crippen LogP contribution in [-0.4, -0.2) is 52.7 Å². The molecular weight excluding hydrogens is 465 g/mol. The number of nitrogens with zero attached hydrogens (tertiary/aromatic N) is 1. The van der Waals surface area contributed by atoms with E-state index < -0.39 is 34.5 Å². The molecule has 1 heterocycles. The van der Waals surface area contributed by atoms with Gasteiger partial charge >= 0.3 is 11.9 Å². The lowest BCUT2D eigenvalue weighted by molar-refractivity contribution is -0.181. The van der Waals surface area contributed by atoms with Gasteiger partial charge in [0, 0.05) is 18.5 Å². The van der Waals surface area contributed by atoms with Crippen LogP contribution in [0.2, 0.25) is 0 Å². The molecule has 0 aromatic heterocycles. The Morgan fingerprint density at radius 1 is 1.00 bits per heavy atom. The van der Waals surface area contributed by atoms with Crippen molar-refractivity contribution in [2.24, 2.45) is 10.8 Å². The Morgan fingerprint density at radius 3 is 2.17 bits per heavy atom. The maximum absolute atomic E-state index is 14.1. The SMILES string of the molecule is Cc1cc(F)ccc1C(C(=O)N1CCCCC1)C(C)(COCc1ccccc1)C(C)(C(=O)O)C(=O)O. The van der Waals surface area contributed by atoms with Crippen LogP contribution < -0.4 is 0 Å². The van der Waals surface area contributed by atoms with Gasteiger partial charge in [0.2, 0.25) is 5.91 Å². The number of amides is 1. The van der Waals surface area contributed by atoms with Crippen molar-refractivity contribution in [3.05, 3.63) is 71.0 Å². The molecule has 2 aromatic carbocycles. The summed E-state index contributed by atoms with van der Waals surface area (Å²) in [6.07, 6.45) is 2.58. The fraction of sp³-hybridized carbons (Fsp3) is 0.464. The van der Waals surface area contributed by atoms with Crippen LogP contribution in [0.25, 0.3) is 0 Å². The summed E-state index contributed by atoms with van der Waals surface area (Å²) in [5.74, 6) is -5.20. The molecule has 2 aromatic rings. The number of carboxylic acids is 2. The molecule has 2 atom stereocenters. The minimum atomic E-state index is -2.39. The minimum Gasteiger partial charge on any atom is -0.480 e. The third kappa shape index (κ3) is 5.28. The summed E-state index contributed by atoms with van der Waals surface area (Å²) in [5.41, 5.74) is -2.45. The second-order valence-corrected chi connectivity index (χ2v) is 9.95. The molecule has 0 aliphatic carbocycles. The van der Waals surface area contributed by atoms with E-state index in [0.717, 1.165) is 31.7 Å². The van der Waals surface area contributed by atoms with Crippen molar-refractivity contribution >= 4 is 17.8 Å². The number of carbonyl (C=O) groups is 3. The third-order valence-corrected chi connectivity index (χ3v) is 7.61. The predicted molar refractivity (Wildman–Crippen MR) is 132 cm³/mol. The normalized spacial score (nSPS) is 16.7. The Morgan fingerprint density at radius 2 is 1.61 bits per heavy atom. The Balaban J connectivity index is 2.16. The number of piperidine rings is 1. The van der Waals surface area contributed by atoms with Gasteiger partial charge in [-0.25, -0.2) is 4.39 Å². The van der Waals surface area contributed by atoms with E-state index in [4.69, 9.17) is 4.74 Å². The standard InChI is InChI=1S/C28H34FNO6/c1-19-16-21(29)12-13-22(19)23(24(31)30-14-8-5-9-15-30)27(2,28(3,25(32)33)26(34)35)18-36-17-20-10-6-4-7-11-20/h4,6-7,10-13,16,23H,5,8-9,14-15,17-18H2,1-3H3,(H,32,33)(H,34,35). The van der Waals surface area contributed by atoms with Crippen molar-refractivity contribution in [1.82, 2.24) is 4.90 Å². The van der Waals surface area contributed by atoms with Crippen molar-refractivity contribution in [2.75, 3.05) is 19.7 Å². The number of carboxylic acid groups (broad SMARTS) is 2. The summed E-state index contributed by atoms with van der Waals surface area (Å²) in [6, 6.07) is 13.1. The molecule has 1 amide bonds. The summed E-state index contributed by atoms with van der Waals surface area (Å²) in [5, 5.41) is 20.5. The van der Waals surface area contributed by atoms with Crippen LogP contribution in [0.1, 0.15) is 55.7 Å². The molecule has 194 valence electrons. The van der Waals surface area contributed by atoms with Gasteiger partial charge in [-0.15, -0.1) is 0 Å². The zero-order chi connectivity index (χ0) is 26.5. The molecule has 7 nitrogen and oxygen atoms in total. The first-order valence-electron chi connectivity index (χ1n) is 12.2. The lowest BCUT2D eigenvalue weighted by atomic mass is 9.56. The van der Waals surface area contributed by atoms with Crippen LogP contribution in [0.3, 0.4) is 0 Å². The Kier molecular flexibility index (Phi) is 8.51. The van der Waals surface area contributed by atoms with E-state index in [-0.39, 0.29) is 19.1 Å². The smallest absolute Gasteiger partial charge is 0.321 e. The lowest BCUT2D eigenvalue weighted by Gasteiger charge is -2.47. The summed E-state index contributed by atoms with van der Waals surface area (Å²) in [6.45, 7) is 5.02. The summed E-state index contributed by atoms with van der Waals surface area (Å²) in [7, 11) is 0. The summed E-state index contributed by atoms with van der Waals surface area (Å²) >= 11 is 0. The van der Waals surface area contributed by atoms with E-state index in [1.807, 2.05) is 30.3 Å². The Hall–Kier alpha value is -3.26. The van der Waals surface area contributed by atoms with Gasteiger partial charge < -0.3 is 19.8 Å². The first-order chi connectivity index (χ1) is 17.0. The fourth-order valence-corrected chi connectivity index (χ4v) is 5.06. The third-order valence-electron chi connectivity index (χ3n) is 7.61. The Labute approximate surface area is 210 Å². The second kappa shape index (κ2) is 11.2. The van der Waals surface area contributed by atoms with Crippen LogP contribution in [-0.2, 0) is 25.7 Å². The molecule has 3 rings (SSSR count). The number of hydrogen-bond donors (Lipinski definition) is 2. The Bertz CT molecular complexity index is 1080. The van der Waals surface area contributed by atoms with Crippen molar-refractivity contribution < 1.29 is 33.7 Å². The molecule has 1 fully saturated rings. The predicted octanol–water partition coefficient (Wildman–Crippen LogP) is 4.63. The average molecular weight is 500 g/mol. The zero-order valence-corrected chi connectivity index (χ0v) is 21.0. The number of halogens is 1. The highest BCUT2D eigenvalue weighted by atomic mass is 19.1. The molecule has 8 heteroatoms. The molecule has 1 saturated heterocycles. The van der Waals surface area contributed by atoms with E-state index in [9.17, 15) is 29.0 Å². The van der Waals surface area contributed by atoms with Gasteiger partial charge in [-0.1, -0.05) is 43.3 Å². The van der Waals surface area contributed by atoms with Gasteiger partial charge in [0.05, 0.1) is 19.1 Å². The average Bonchev–Trinajstić information content (AvgIpc) is 2.85. The number of ether oxygens (including phenoxy) is 1. The molecule has 0 saturated carbocycles. The van der Waals surface area contributed by atoms with Gasteiger partial charge in [-0.3, -0.25) is 14.4 Å². The number of aliphatic carboxylic acids is 2. The number of likely N-dealkylation sites (tertiary alicyclic amines) is 1. The topological polar surface area (TPSA) is 104 Å². The van der Waals surface area contributed by atoms with Gasteiger partial charge in [0.15, 0.2) is 5.41 Å². The first kappa shape index (κ1) is 27.3. The van der Waals surface area contributed by atoms with Gasteiger partial charge in [0.1, 0.15) is 5.82 Å². The zero-order valence-electron chi connectivity index (χ0n) is 21.0. The molecular formula is C28H34FNO6.